The number of halogens is 4. The highest BCUT2D eigenvalue weighted by atomic mass is 35.6. The minimum atomic E-state index is -1.80. The van der Waals surface area contributed by atoms with E-state index >= 15 is 0 Å². The van der Waals surface area contributed by atoms with Crippen molar-refractivity contribution in [3.05, 3.63) is 30.1 Å². The van der Waals surface area contributed by atoms with Crippen LogP contribution in [0.3, 0.4) is 0 Å². The molecule has 0 spiro atoms. The molecule has 1 unspecified atom stereocenters. The molecule has 0 heterocycles. The molecule has 1 atom stereocenters. The van der Waals surface area contributed by atoms with E-state index in [-0.39, 0.29) is 6.61 Å². The Morgan fingerprint density at radius 2 is 1.95 bits per heavy atom. The molecule has 0 radical (unpaired) electrons. The third kappa shape index (κ3) is 5.72. The van der Waals surface area contributed by atoms with Crippen LogP contribution in [0.25, 0.3) is 0 Å². The van der Waals surface area contributed by atoms with E-state index < -0.39 is 21.9 Å². The maximum absolute atomic E-state index is 12.8. The number of carbonyl (C=O) groups excluding carboxylic acids is 1. The summed E-state index contributed by atoms with van der Waals surface area (Å²) in [7, 11) is 0. The largest absolute Gasteiger partial charge is 0.450 e. The van der Waals surface area contributed by atoms with Crippen LogP contribution in [0.4, 0.5) is 14.9 Å². The Balaban J connectivity index is 2.75. The summed E-state index contributed by atoms with van der Waals surface area (Å²) in [6.07, 6.45) is -1.75. The van der Waals surface area contributed by atoms with E-state index in [4.69, 9.17) is 39.5 Å². The fraction of sp³-hybridized carbons (Fsp3) is 0.364. The van der Waals surface area contributed by atoms with Gasteiger partial charge in [-0.05, 0) is 31.2 Å². The fourth-order valence-electron chi connectivity index (χ4n) is 1.20. The summed E-state index contributed by atoms with van der Waals surface area (Å²) in [4.78, 5) is 11.3. The van der Waals surface area contributed by atoms with Crippen molar-refractivity contribution in [3.63, 3.8) is 0 Å². The van der Waals surface area contributed by atoms with Crippen molar-refractivity contribution in [2.45, 2.75) is 16.9 Å². The Hall–Kier alpha value is -0.910. The van der Waals surface area contributed by atoms with Crippen LogP contribution in [0.5, 0.6) is 0 Å². The van der Waals surface area contributed by atoms with Gasteiger partial charge in [-0.2, -0.15) is 0 Å². The van der Waals surface area contributed by atoms with Gasteiger partial charge in [0.25, 0.3) is 0 Å². The first-order chi connectivity index (χ1) is 8.82. The summed E-state index contributed by atoms with van der Waals surface area (Å²) in [5.41, 5.74) is 0.481. The van der Waals surface area contributed by atoms with Crippen molar-refractivity contribution in [2.75, 3.05) is 11.9 Å². The van der Waals surface area contributed by atoms with Gasteiger partial charge in [0.2, 0.25) is 3.79 Å². The van der Waals surface area contributed by atoms with Gasteiger partial charge in [0.05, 0.1) is 6.61 Å². The van der Waals surface area contributed by atoms with Gasteiger partial charge in [0.1, 0.15) is 12.0 Å². The van der Waals surface area contributed by atoms with Crippen LogP contribution in [-0.4, -0.2) is 22.7 Å². The number of alkyl carbamates (subject to hydrolysis) is 1. The van der Waals surface area contributed by atoms with Crippen molar-refractivity contribution >= 4 is 46.6 Å². The monoisotopic (exact) mass is 328 g/mol. The Morgan fingerprint density at radius 3 is 2.42 bits per heavy atom. The van der Waals surface area contributed by atoms with Gasteiger partial charge in [-0.1, -0.05) is 34.8 Å². The molecule has 0 aliphatic rings. The highest BCUT2D eigenvalue weighted by molar-refractivity contribution is 6.68. The summed E-state index contributed by atoms with van der Waals surface area (Å²) in [6, 6.07) is 5.38. The summed E-state index contributed by atoms with van der Waals surface area (Å²) >= 11 is 17.2. The second-order valence-electron chi connectivity index (χ2n) is 3.49. The maximum Gasteiger partial charge on any atom is 0.408 e. The van der Waals surface area contributed by atoms with E-state index in [1.54, 1.807) is 6.92 Å². The van der Waals surface area contributed by atoms with Crippen LogP contribution in [0.15, 0.2) is 24.3 Å². The highest BCUT2D eigenvalue weighted by Gasteiger charge is 2.34. The number of hydrogen-bond donors (Lipinski definition) is 2. The average Bonchev–Trinajstić information content (AvgIpc) is 2.30. The lowest BCUT2D eigenvalue weighted by atomic mass is 10.3. The number of ether oxygens (including phenoxy) is 1. The SMILES string of the molecule is CCOC(=O)NC(Nc1ccc(F)cc1)C(Cl)(Cl)Cl. The Kier molecular flexibility index (Phi) is 5.97. The van der Waals surface area contributed by atoms with E-state index in [2.05, 4.69) is 10.6 Å². The Labute approximate surface area is 125 Å². The van der Waals surface area contributed by atoms with Gasteiger partial charge >= 0.3 is 6.09 Å². The molecular weight excluding hydrogens is 317 g/mol. The molecule has 0 saturated heterocycles. The quantitative estimate of drug-likeness (QED) is 0.654. The first-order valence-corrected chi connectivity index (χ1v) is 6.48. The second-order valence-corrected chi connectivity index (χ2v) is 5.86. The van der Waals surface area contributed by atoms with Crippen molar-refractivity contribution < 1.29 is 13.9 Å². The molecule has 0 saturated carbocycles. The molecule has 4 nitrogen and oxygen atoms in total. The zero-order valence-electron chi connectivity index (χ0n) is 9.92. The molecule has 8 heteroatoms. The molecule has 1 aromatic carbocycles. The third-order valence-electron chi connectivity index (χ3n) is 2.02. The fourth-order valence-corrected chi connectivity index (χ4v) is 1.53. The van der Waals surface area contributed by atoms with Crippen molar-refractivity contribution in [2.24, 2.45) is 0 Å². The standard InChI is InChI=1S/C11H12Cl3FN2O2/c1-2-19-10(18)17-9(11(12,13)14)16-8-5-3-7(15)4-6-8/h3-6,9,16H,2H2,1H3,(H,17,18). The normalized spacial score (nSPS) is 12.7. The smallest absolute Gasteiger partial charge is 0.408 e. The van der Waals surface area contributed by atoms with Gasteiger partial charge < -0.3 is 10.1 Å². The minimum Gasteiger partial charge on any atom is -0.450 e. The maximum atomic E-state index is 12.8. The lowest BCUT2D eigenvalue weighted by Crippen LogP contribution is -2.49. The van der Waals surface area contributed by atoms with Gasteiger partial charge in [0.15, 0.2) is 0 Å². The van der Waals surface area contributed by atoms with E-state index in [1.165, 1.54) is 24.3 Å². The predicted molar refractivity (Wildman–Crippen MR) is 74.3 cm³/mol. The number of hydrogen-bond acceptors (Lipinski definition) is 3. The summed E-state index contributed by atoms with van der Waals surface area (Å²) in [6.45, 7) is 1.84. The summed E-state index contributed by atoms with van der Waals surface area (Å²) < 4.78 is 15.7. The van der Waals surface area contributed by atoms with Crippen LogP contribution >= 0.6 is 34.8 Å². The van der Waals surface area contributed by atoms with Crippen molar-refractivity contribution in [1.29, 1.82) is 0 Å². The molecule has 1 rings (SSSR count). The molecule has 0 aliphatic heterocycles. The molecule has 19 heavy (non-hydrogen) atoms. The third-order valence-corrected chi connectivity index (χ3v) is 2.67. The molecule has 0 bridgehead atoms. The molecular formula is C11H12Cl3FN2O2. The topological polar surface area (TPSA) is 50.4 Å². The summed E-state index contributed by atoms with van der Waals surface area (Å²) in [5, 5.41) is 5.12. The Bertz CT molecular complexity index is 423. The molecule has 106 valence electrons. The molecule has 0 fully saturated rings. The average molecular weight is 330 g/mol. The zero-order valence-corrected chi connectivity index (χ0v) is 12.2. The van der Waals surface area contributed by atoms with Crippen LogP contribution in [0, 0.1) is 5.82 Å². The number of carbonyl (C=O) groups is 1. The number of rotatable bonds is 4. The van der Waals surface area contributed by atoms with Crippen LogP contribution in [0.2, 0.25) is 0 Å². The summed E-state index contributed by atoms with van der Waals surface area (Å²) in [5.74, 6) is -0.394. The van der Waals surface area contributed by atoms with Crippen LogP contribution < -0.4 is 10.6 Å². The number of anilines is 1. The van der Waals surface area contributed by atoms with Crippen molar-refractivity contribution in [3.8, 4) is 0 Å². The highest BCUT2D eigenvalue weighted by Crippen LogP contribution is 2.31. The number of nitrogens with one attached hydrogen (secondary N) is 2. The van der Waals surface area contributed by atoms with E-state index in [0.717, 1.165) is 0 Å². The minimum absolute atomic E-state index is 0.189. The van der Waals surface area contributed by atoms with Gasteiger partial charge in [-0.25, -0.2) is 9.18 Å². The zero-order chi connectivity index (χ0) is 14.5. The second kappa shape index (κ2) is 7.03. The predicted octanol–water partition coefficient (Wildman–Crippen LogP) is 3.68. The Morgan fingerprint density at radius 1 is 1.37 bits per heavy atom. The number of benzene rings is 1. The van der Waals surface area contributed by atoms with Gasteiger partial charge in [-0.15, -0.1) is 0 Å². The first kappa shape index (κ1) is 16.1. The molecule has 1 amide bonds. The lowest BCUT2D eigenvalue weighted by Gasteiger charge is -2.26. The molecule has 0 aliphatic carbocycles. The lowest BCUT2D eigenvalue weighted by molar-refractivity contribution is 0.149. The van der Waals surface area contributed by atoms with Crippen LogP contribution in [-0.2, 0) is 4.74 Å². The number of amides is 1. The van der Waals surface area contributed by atoms with Gasteiger partial charge in [-0.3, -0.25) is 5.32 Å². The van der Waals surface area contributed by atoms with Crippen LogP contribution in [0.1, 0.15) is 6.92 Å². The van der Waals surface area contributed by atoms with Crippen molar-refractivity contribution in [1.82, 2.24) is 5.32 Å². The first-order valence-electron chi connectivity index (χ1n) is 5.35. The molecule has 2 N–H and O–H groups in total. The molecule has 1 aromatic rings. The molecule has 0 aromatic heterocycles. The van der Waals surface area contributed by atoms with E-state index in [1.807, 2.05) is 0 Å². The van der Waals surface area contributed by atoms with E-state index in [9.17, 15) is 9.18 Å². The van der Waals surface area contributed by atoms with Gasteiger partial charge in [0, 0.05) is 5.69 Å². The number of alkyl halides is 3. The van der Waals surface area contributed by atoms with E-state index in [0.29, 0.717) is 5.69 Å².